The van der Waals surface area contributed by atoms with Crippen LogP contribution < -0.4 is 5.73 Å². The predicted octanol–water partition coefficient (Wildman–Crippen LogP) is 3.39. The van der Waals surface area contributed by atoms with E-state index < -0.39 is 28.8 Å². The van der Waals surface area contributed by atoms with E-state index in [9.17, 15) is 13.6 Å². The third-order valence-corrected chi connectivity index (χ3v) is 5.71. The minimum absolute atomic E-state index is 0.00498. The average molecular weight is 419 g/mol. The lowest BCUT2D eigenvalue weighted by molar-refractivity contribution is 0.0214. The zero-order chi connectivity index (χ0) is 21.7. The number of aromatic nitrogens is 1. The van der Waals surface area contributed by atoms with Crippen LogP contribution in [0.1, 0.15) is 42.0 Å². The van der Waals surface area contributed by atoms with Crippen LogP contribution in [0.25, 0.3) is 11.1 Å². The summed E-state index contributed by atoms with van der Waals surface area (Å²) >= 11 is 0. The highest BCUT2D eigenvalue weighted by molar-refractivity contribution is 5.92. The topological polar surface area (TPSA) is 68.5 Å². The van der Waals surface area contributed by atoms with Gasteiger partial charge in [-0.15, -0.1) is 0 Å². The normalized spacial score (nSPS) is 23.4. The van der Waals surface area contributed by atoms with E-state index in [0.717, 1.165) is 11.6 Å². The smallest absolute Gasteiger partial charge is 0.267 e. The van der Waals surface area contributed by atoms with Crippen LogP contribution in [-0.2, 0) is 17.7 Å². The number of nitrogens with two attached hydrogens (primary N) is 1. The Labute approximate surface area is 173 Å². The average Bonchev–Trinajstić information content (AvgIpc) is 2.93. The number of alkyl halides is 1. The van der Waals surface area contributed by atoms with Gasteiger partial charge in [-0.3, -0.25) is 9.69 Å². The van der Waals surface area contributed by atoms with Crippen molar-refractivity contribution in [3.8, 4) is 11.1 Å². The van der Waals surface area contributed by atoms with Crippen LogP contribution in [0, 0.1) is 11.6 Å². The Balaban J connectivity index is 1.67. The van der Waals surface area contributed by atoms with Crippen molar-refractivity contribution < 1.29 is 22.7 Å². The number of fused-ring (bicyclic) bond motifs is 1. The van der Waals surface area contributed by atoms with Gasteiger partial charge in [-0.25, -0.2) is 18.2 Å². The van der Waals surface area contributed by atoms with Gasteiger partial charge in [-0.05, 0) is 49.6 Å². The number of hydrogen-bond acceptors (Lipinski definition) is 4. The molecule has 160 valence electrons. The molecule has 2 aromatic rings. The summed E-state index contributed by atoms with van der Waals surface area (Å²) in [5.41, 5.74) is 5.41. The van der Waals surface area contributed by atoms with Gasteiger partial charge in [0, 0.05) is 37.7 Å². The number of pyridine rings is 1. The summed E-state index contributed by atoms with van der Waals surface area (Å²) in [7, 11) is 0. The van der Waals surface area contributed by atoms with E-state index in [1.54, 1.807) is 0 Å². The molecule has 8 heteroatoms. The Morgan fingerprint density at radius 2 is 2.03 bits per heavy atom. The summed E-state index contributed by atoms with van der Waals surface area (Å²) in [4.78, 5) is 18.1. The Morgan fingerprint density at radius 3 is 2.67 bits per heavy atom. The first kappa shape index (κ1) is 20.8. The van der Waals surface area contributed by atoms with E-state index in [1.807, 2.05) is 18.7 Å². The fourth-order valence-corrected chi connectivity index (χ4v) is 4.50. The van der Waals surface area contributed by atoms with Crippen LogP contribution in [0.4, 0.5) is 13.2 Å². The maximum absolute atomic E-state index is 15.3. The van der Waals surface area contributed by atoms with Crippen molar-refractivity contribution >= 4 is 5.91 Å². The minimum atomic E-state index is -1.46. The van der Waals surface area contributed by atoms with Crippen molar-refractivity contribution in [3.05, 3.63) is 52.9 Å². The molecule has 0 spiro atoms. The standard InChI is InChI=1S/C22H24F3N3O2/c1-21(2)10-22(25,12-30-21)11-28-6-5-15-16(14-4-3-13(23)7-17(14)24)8-18(20(26)29)27-19(15)9-28/h3-4,7-8H,5-6,9-12H2,1-2H3,(H2,26,29)/t22-/m1/s1. The molecule has 0 unspecified atom stereocenters. The van der Waals surface area contributed by atoms with Gasteiger partial charge in [0.2, 0.25) is 0 Å². The first-order valence-corrected chi connectivity index (χ1v) is 9.89. The maximum atomic E-state index is 15.3. The second kappa shape index (κ2) is 7.35. The molecule has 1 fully saturated rings. The lowest BCUT2D eigenvalue weighted by atomic mass is 9.91. The Morgan fingerprint density at radius 1 is 1.27 bits per heavy atom. The van der Waals surface area contributed by atoms with E-state index in [1.165, 1.54) is 18.2 Å². The molecule has 2 aliphatic rings. The largest absolute Gasteiger partial charge is 0.372 e. The monoisotopic (exact) mass is 419 g/mol. The summed E-state index contributed by atoms with van der Waals surface area (Å²) in [5.74, 6) is -2.16. The maximum Gasteiger partial charge on any atom is 0.267 e. The summed E-state index contributed by atoms with van der Waals surface area (Å²) < 4.78 is 48.7. The van der Waals surface area contributed by atoms with Crippen molar-refractivity contribution in [3.63, 3.8) is 0 Å². The van der Waals surface area contributed by atoms with Gasteiger partial charge >= 0.3 is 0 Å². The molecule has 0 aliphatic carbocycles. The van der Waals surface area contributed by atoms with E-state index in [0.29, 0.717) is 37.2 Å². The zero-order valence-electron chi connectivity index (χ0n) is 17.0. The highest BCUT2D eigenvalue weighted by atomic mass is 19.1. The van der Waals surface area contributed by atoms with Crippen LogP contribution in [0.15, 0.2) is 24.3 Å². The number of primary amides is 1. The number of benzene rings is 1. The molecule has 0 radical (unpaired) electrons. The molecule has 1 amide bonds. The second-order valence-electron chi connectivity index (χ2n) is 8.81. The fourth-order valence-electron chi connectivity index (χ4n) is 4.50. The Hall–Kier alpha value is -2.45. The number of halogens is 3. The predicted molar refractivity (Wildman–Crippen MR) is 106 cm³/mol. The first-order valence-electron chi connectivity index (χ1n) is 9.89. The number of amides is 1. The number of nitrogens with zero attached hydrogens (tertiary/aromatic N) is 2. The molecule has 3 heterocycles. The van der Waals surface area contributed by atoms with Gasteiger partial charge in [0.1, 0.15) is 23.0 Å². The molecule has 0 saturated carbocycles. The van der Waals surface area contributed by atoms with Crippen LogP contribution in [0.3, 0.4) is 0 Å². The molecule has 4 rings (SSSR count). The van der Waals surface area contributed by atoms with E-state index in [-0.39, 0.29) is 24.4 Å². The van der Waals surface area contributed by atoms with Crippen molar-refractivity contribution in [2.24, 2.45) is 5.73 Å². The first-order chi connectivity index (χ1) is 14.1. The number of ether oxygens (including phenoxy) is 1. The Bertz CT molecular complexity index is 1010. The highest BCUT2D eigenvalue weighted by Crippen LogP contribution is 2.38. The third-order valence-electron chi connectivity index (χ3n) is 5.71. The van der Waals surface area contributed by atoms with Crippen LogP contribution in [0.2, 0.25) is 0 Å². The minimum Gasteiger partial charge on any atom is -0.372 e. The molecule has 5 nitrogen and oxygen atoms in total. The zero-order valence-corrected chi connectivity index (χ0v) is 17.0. The fraction of sp³-hybridized carbons (Fsp3) is 0.455. The van der Waals surface area contributed by atoms with Crippen LogP contribution >= 0.6 is 0 Å². The molecule has 1 aromatic carbocycles. The number of carbonyl (C=O) groups is 1. The molecule has 1 aromatic heterocycles. The van der Waals surface area contributed by atoms with Gasteiger partial charge in [0.15, 0.2) is 0 Å². The molecule has 0 bridgehead atoms. The molecule has 1 saturated heterocycles. The van der Waals surface area contributed by atoms with Gasteiger partial charge < -0.3 is 10.5 Å². The number of carbonyl (C=O) groups excluding carboxylic acids is 1. The number of rotatable bonds is 4. The van der Waals surface area contributed by atoms with Crippen LogP contribution in [-0.4, -0.2) is 46.8 Å². The Kier molecular flexibility index (Phi) is 5.10. The molecular weight excluding hydrogens is 395 g/mol. The van der Waals surface area contributed by atoms with Gasteiger partial charge in [-0.2, -0.15) is 0 Å². The molecule has 2 N–H and O–H groups in total. The third kappa shape index (κ3) is 4.06. The van der Waals surface area contributed by atoms with Gasteiger partial charge in [0.05, 0.1) is 17.9 Å². The van der Waals surface area contributed by atoms with Gasteiger partial charge in [-0.1, -0.05) is 0 Å². The van der Waals surface area contributed by atoms with Crippen LogP contribution in [0.5, 0.6) is 0 Å². The van der Waals surface area contributed by atoms with Gasteiger partial charge in [0.25, 0.3) is 5.91 Å². The summed E-state index contributed by atoms with van der Waals surface area (Å²) in [5, 5.41) is 0. The SMILES string of the molecule is CC1(C)C[C@@](F)(CN2CCc3c(-c4ccc(F)cc4F)cc(C(N)=O)nc3C2)CO1. The quantitative estimate of drug-likeness (QED) is 0.825. The lowest BCUT2D eigenvalue weighted by Gasteiger charge is -2.33. The van der Waals surface area contributed by atoms with Crippen molar-refractivity contribution in [2.75, 3.05) is 19.7 Å². The molecular formula is C22H24F3N3O2. The lowest BCUT2D eigenvalue weighted by Crippen LogP contribution is -2.43. The summed E-state index contributed by atoms with van der Waals surface area (Å²) in [6, 6.07) is 4.75. The van der Waals surface area contributed by atoms with E-state index >= 15 is 4.39 Å². The summed E-state index contributed by atoms with van der Waals surface area (Å²) in [6.07, 6.45) is 0.790. The van der Waals surface area contributed by atoms with Crippen molar-refractivity contribution in [2.45, 2.75) is 44.5 Å². The summed E-state index contributed by atoms with van der Waals surface area (Å²) in [6.45, 7) is 4.79. The molecule has 1 atom stereocenters. The number of hydrogen-bond donors (Lipinski definition) is 1. The highest BCUT2D eigenvalue weighted by Gasteiger charge is 2.46. The second-order valence-corrected chi connectivity index (χ2v) is 8.81. The molecule has 30 heavy (non-hydrogen) atoms. The van der Waals surface area contributed by atoms with E-state index in [4.69, 9.17) is 10.5 Å². The van der Waals surface area contributed by atoms with E-state index in [2.05, 4.69) is 4.98 Å². The van der Waals surface area contributed by atoms with Crippen molar-refractivity contribution in [1.29, 1.82) is 0 Å². The molecule has 2 aliphatic heterocycles. The van der Waals surface area contributed by atoms with Crippen molar-refractivity contribution in [1.82, 2.24) is 9.88 Å².